The van der Waals surface area contributed by atoms with Crippen LogP contribution >= 0.6 is 0 Å². The van der Waals surface area contributed by atoms with Gasteiger partial charge in [0.2, 0.25) is 0 Å². The van der Waals surface area contributed by atoms with Crippen molar-refractivity contribution in [3.8, 4) is 0 Å². The first-order chi connectivity index (χ1) is 3.27. The zero-order valence-electron chi connectivity index (χ0n) is 5.91. The predicted molar refractivity (Wildman–Crippen MR) is 34.0 cm³/mol. The maximum atomic E-state index is 3.76. The molecule has 0 radical (unpaired) electrons. The van der Waals surface area contributed by atoms with Gasteiger partial charge in [-0.25, -0.2) is 0 Å². The minimum Gasteiger partial charge on any atom is -0.343 e. The molecule has 0 saturated carbocycles. The van der Waals surface area contributed by atoms with E-state index >= 15 is 0 Å². The molecular formula is C7H15Zr-. The molecule has 0 aliphatic rings. The number of hydrogen-bond donors (Lipinski definition) is 0. The van der Waals surface area contributed by atoms with E-state index in [2.05, 4.69) is 20.8 Å². The smallest absolute Gasteiger partial charge is 0 e. The van der Waals surface area contributed by atoms with Gasteiger partial charge < -0.3 is 6.92 Å². The van der Waals surface area contributed by atoms with E-state index in [4.69, 9.17) is 0 Å². The Morgan fingerprint density at radius 1 is 1.38 bits per heavy atom. The third-order valence-electron chi connectivity index (χ3n) is 1.03. The van der Waals surface area contributed by atoms with Crippen molar-refractivity contribution >= 4 is 0 Å². The first kappa shape index (κ1) is 11.7. The molecule has 0 heterocycles. The molecule has 0 rings (SSSR count). The van der Waals surface area contributed by atoms with E-state index in [0.29, 0.717) is 0 Å². The second-order valence-electron chi connectivity index (χ2n) is 2.39. The van der Waals surface area contributed by atoms with Gasteiger partial charge in [-0.2, -0.15) is 6.42 Å². The molecule has 8 heavy (non-hydrogen) atoms. The van der Waals surface area contributed by atoms with Gasteiger partial charge >= 0.3 is 0 Å². The van der Waals surface area contributed by atoms with E-state index in [1.54, 1.807) is 0 Å². The Bertz CT molecular complexity index is 33.4. The van der Waals surface area contributed by atoms with E-state index in [9.17, 15) is 0 Å². The fourth-order valence-electron chi connectivity index (χ4n) is 0.553. The van der Waals surface area contributed by atoms with Crippen molar-refractivity contribution in [1.29, 1.82) is 0 Å². The Balaban J connectivity index is 0. The molecule has 0 aromatic heterocycles. The quantitative estimate of drug-likeness (QED) is 0.600. The average molecular weight is 190 g/mol. The molecule has 0 bridgehead atoms. The summed E-state index contributed by atoms with van der Waals surface area (Å²) in [6, 6.07) is 0. The zero-order chi connectivity index (χ0) is 5.70. The fourth-order valence-corrected chi connectivity index (χ4v) is 0.553. The molecular weight excluding hydrogens is 175 g/mol. The Labute approximate surface area is 72.2 Å². The summed E-state index contributed by atoms with van der Waals surface area (Å²) in [5.74, 6) is 0.863. The van der Waals surface area contributed by atoms with E-state index in [1.807, 2.05) is 0 Å². The standard InChI is InChI=1S/C7H15.Zr/c1-4-5-6-7(2)3;/h7H,1,4-6H2,2-3H3;/q-1;. The molecule has 0 unspecified atom stereocenters. The van der Waals surface area contributed by atoms with E-state index < -0.39 is 0 Å². The number of unbranched alkanes of at least 4 members (excludes halogenated alkanes) is 1. The summed E-state index contributed by atoms with van der Waals surface area (Å²) in [4.78, 5) is 0. The zero-order valence-corrected chi connectivity index (χ0v) is 8.36. The summed E-state index contributed by atoms with van der Waals surface area (Å²) in [6.07, 6.45) is 3.72. The van der Waals surface area contributed by atoms with Crippen LogP contribution in [0.4, 0.5) is 0 Å². The fraction of sp³-hybridized carbons (Fsp3) is 0.857. The maximum Gasteiger partial charge on any atom is 0 e. The van der Waals surface area contributed by atoms with Crippen LogP contribution in [0.5, 0.6) is 0 Å². The summed E-state index contributed by atoms with van der Waals surface area (Å²) in [5.41, 5.74) is 0. The summed E-state index contributed by atoms with van der Waals surface area (Å²) in [7, 11) is 0. The molecule has 0 amide bonds. The molecule has 0 atom stereocenters. The molecule has 0 N–H and O–H groups in total. The normalized spacial score (nSPS) is 9.00. The van der Waals surface area contributed by atoms with Gasteiger partial charge in [-0.1, -0.05) is 26.7 Å². The Morgan fingerprint density at radius 2 is 1.88 bits per heavy atom. The maximum absolute atomic E-state index is 3.76. The molecule has 0 aliphatic heterocycles. The Morgan fingerprint density at radius 3 is 2.00 bits per heavy atom. The van der Waals surface area contributed by atoms with Gasteiger partial charge in [0, 0.05) is 26.2 Å². The first-order valence-electron chi connectivity index (χ1n) is 3.06. The topological polar surface area (TPSA) is 0 Å². The summed E-state index contributed by atoms with van der Waals surface area (Å²) in [5, 5.41) is 0. The summed E-state index contributed by atoms with van der Waals surface area (Å²) < 4.78 is 0. The molecule has 0 aromatic rings. The monoisotopic (exact) mass is 189 g/mol. The second-order valence-corrected chi connectivity index (χ2v) is 2.39. The number of rotatable bonds is 3. The molecule has 0 aliphatic carbocycles. The number of hydrogen-bond acceptors (Lipinski definition) is 0. The van der Waals surface area contributed by atoms with Crippen molar-refractivity contribution in [3.63, 3.8) is 0 Å². The van der Waals surface area contributed by atoms with Crippen LogP contribution in [0, 0.1) is 12.8 Å². The Hall–Kier alpha value is 0.883. The van der Waals surface area contributed by atoms with Crippen LogP contribution in [0.3, 0.4) is 0 Å². The van der Waals surface area contributed by atoms with Gasteiger partial charge in [0.15, 0.2) is 0 Å². The van der Waals surface area contributed by atoms with Gasteiger partial charge in [0.25, 0.3) is 0 Å². The van der Waals surface area contributed by atoms with Crippen LogP contribution in [0.1, 0.15) is 33.1 Å². The Kier molecular flexibility index (Phi) is 11.5. The first-order valence-corrected chi connectivity index (χ1v) is 3.06. The van der Waals surface area contributed by atoms with Crippen molar-refractivity contribution in [3.05, 3.63) is 6.92 Å². The third kappa shape index (κ3) is 9.99. The molecule has 0 aromatic carbocycles. The minimum absolute atomic E-state index is 0. The average Bonchev–Trinajstić information content (AvgIpc) is 1.61. The van der Waals surface area contributed by atoms with Gasteiger partial charge in [0.1, 0.15) is 0 Å². The molecule has 48 valence electrons. The second kappa shape index (κ2) is 7.88. The van der Waals surface area contributed by atoms with Crippen LogP contribution < -0.4 is 0 Å². The molecule has 0 saturated heterocycles. The van der Waals surface area contributed by atoms with Crippen molar-refractivity contribution in [2.45, 2.75) is 33.1 Å². The van der Waals surface area contributed by atoms with Gasteiger partial charge in [-0.05, 0) is 5.92 Å². The van der Waals surface area contributed by atoms with Gasteiger partial charge in [-0.15, -0.1) is 0 Å². The molecule has 0 spiro atoms. The van der Waals surface area contributed by atoms with Crippen LogP contribution in [0.15, 0.2) is 0 Å². The van der Waals surface area contributed by atoms with Crippen molar-refractivity contribution in [2.24, 2.45) is 5.92 Å². The van der Waals surface area contributed by atoms with Gasteiger partial charge in [0.05, 0.1) is 0 Å². The van der Waals surface area contributed by atoms with Crippen molar-refractivity contribution < 1.29 is 26.2 Å². The predicted octanol–water partition coefficient (Wildman–Crippen LogP) is 2.64. The summed E-state index contributed by atoms with van der Waals surface area (Å²) >= 11 is 0. The third-order valence-corrected chi connectivity index (χ3v) is 1.03. The van der Waals surface area contributed by atoms with Crippen LogP contribution in [0.2, 0.25) is 0 Å². The minimum atomic E-state index is 0. The van der Waals surface area contributed by atoms with Crippen molar-refractivity contribution in [2.75, 3.05) is 0 Å². The van der Waals surface area contributed by atoms with E-state index in [1.165, 1.54) is 12.8 Å². The molecule has 0 fully saturated rings. The van der Waals surface area contributed by atoms with Crippen LogP contribution in [-0.4, -0.2) is 0 Å². The van der Waals surface area contributed by atoms with E-state index in [0.717, 1.165) is 12.3 Å². The van der Waals surface area contributed by atoms with Gasteiger partial charge in [-0.3, -0.25) is 0 Å². The molecule has 0 nitrogen and oxygen atoms in total. The van der Waals surface area contributed by atoms with Crippen LogP contribution in [0.25, 0.3) is 0 Å². The van der Waals surface area contributed by atoms with E-state index in [-0.39, 0.29) is 26.2 Å². The molecule has 1 heteroatoms. The SMILES string of the molecule is [CH2-]CCCC(C)C.[Zr]. The van der Waals surface area contributed by atoms with Crippen molar-refractivity contribution in [1.82, 2.24) is 0 Å². The summed E-state index contributed by atoms with van der Waals surface area (Å²) in [6.45, 7) is 8.25. The van der Waals surface area contributed by atoms with Crippen LogP contribution in [-0.2, 0) is 26.2 Å². The largest absolute Gasteiger partial charge is 0.343 e.